The van der Waals surface area contributed by atoms with E-state index in [1.54, 1.807) is 0 Å². The molecule has 2 nitrogen and oxygen atoms in total. The summed E-state index contributed by atoms with van der Waals surface area (Å²) in [6.45, 7) is 7.31. The minimum atomic E-state index is 0.0470. The molecular weight excluding hydrogens is 234 g/mol. The molecule has 1 rings (SSSR count). The standard InChI is InChI=1S/C17H27NO/c1-4-5-6-7-8-13-18-17(19)16-11-9-15(10-12-16)14(2)3/h9-12,14H,4-8,13H2,1-3H3,(H,18,19). The van der Waals surface area contributed by atoms with Crippen LogP contribution in [0.25, 0.3) is 0 Å². The molecule has 1 aromatic carbocycles. The molecule has 0 aliphatic rings. The number of unbranched alkanes of at least 4 members (excludes halogenated alkanes) is 4. The minimum absolute atomic E-state index is 0.0470. The second-order valence-electron chi connectivity index (χ2n) is 5.45. The molecule has 0 radical (unpaired) electrons. The third-order valence-electron chi connectivity index (χ3n) is 3.41. The summed E-state index contributed by atoms with van der Waals surface area (Å²) in [7, 11) is 0. The van der Waals surface area contributed by atoms with Gasteiger partial charge in [0.25, 0.3) is 5.91 Å². The molecule has 0 aliphatic carbocycles. The summed E-state index contributed by atoms with van der Waals surface area (Å²) in [5, 5.41) is 2.99. The lowest BCUT2D eigenvalue weighted by Gasteiger charge is -2.08. The first-order chi connectivity index (χ1) is 9.15. The molecule has 0 saturated carbocycles. The zero-order chi connectivity index (χ0) is 14.1. The highest BCUT2D eigenvalue weighted by Crippen LogP contribution is 2.14. The van der Waals surface area contributed by atoms with E-state index in [-0.39, 0.29) is 5.91 Å². The van der Waals surface area contributed by atoms with Gasteiger partial charge < -0.3 is 5.32 Å². The van der Waals surface area contributed by atoms with Crippen molar-refractivity contribution in [2.24, 2.45) is 0 Å². The molecule has 1 aromatic rings. The molecule has 1 N–H and O–H groups in total. The summed E-state index contributed by atoms with van der Waals surface area (Å²) < 4.78 is 0. The van der Waals surface area contributed by atoms with Gasteiger partial charge in [0.2, 0.25) is 0 Å². The number of carbonyl (C=O) groups excluding carboxylic acids is 1. The molecule has 19 heavy (non-hydrogen) atoms. The van der Waals surface area contributed by atoms with Crippen molar-refractivity contribution in [2.45, 2.75) is 58.8 Å². The van der Waals surface area contributed by atoms with E-state index in [2.05, 4.69) is 26.1 Å². The van der Waals surface area contributed by atoms with Crippen molar-refractivity contribution < 1.29 is 4.79 Å². The van der Waals surface area contributed by atoms with Crippen LogP contribution in [0.3, 0.4) is 0 Å². The lowest BCUT2D eigenvalue weighted by atomic mass is 10.0. The molecule has 2 heteroatoms. The smallest absolute Gasteiger partial charge is 0.251 e. The fraction of sp³-hybridized carbons (Fsp3) is 0.588. The number of hydrogen-bond acceptors (Lipinski definition) is 1. The molecule has 0 unspecified atom stereocenters. The van der Waals surface area contributed by atoms with Crippen LogP contribution >= 0.6 is 0 Å². The van der Waals surface area contributed by atoms with E-state index in [9.17, 15) is 4.79 Å². The van der Waals surface area contributed by atoms with Gasteiger partial charge >= 0.3 is 0 Å². The van der Waals surface area contributed by atoms with Gasteiger partial charge in [0.05, 0.1) is 0 Å². The lowest BCUT2D eigenvalue weighted by molar-refractivity contribution is 0.0953. The van der Waals surface area contributed by atoms with Crippen LogP contribution in [-0.4, -0.2) is 12.5 Å². The Labute approximate surface area is 117 Å². The zero-order valence-electron chi connectivity index (χ0n) is 12.5. The number of rotatable bonds is 8. The maximum Gasteiger partial charge on any atom is 0.251 e. The average molecular weight is 261 g/mol. The third-order valence-corrected chi connectivity index (χ3v) is 3.41. The third kappa shape index (κ3) is 5.91. The van der Waals surface area contributed by atoms with E-state index in [0.717, 1.165) is 18.5 Å². The highest BCUT2D eigenvalue weighted by molar-refractivity contribution is 5.94. The van der Waals surface area contributed by atoms with Gasteiger partial charge in [-0.25, -0.2) is 0 Å². The van der Waals surface area contributed by atoms with Crippen LogP contribution in [0, 0.1) is 0 Å². The Morgan fingerprint density at radius 1 is 1.05 bits per heavy atom. The molecule has 0 atom stereocenters. The van der Waals surface area contributed by atoms with Gasteiger partial charge in [-0.1, -0.05) is 58.6 Å². The van der Waals surface area contributed by atoms with Crippen LogP contribution in [0.1, 0.15) is 74.7 Å². The normalized spacial score (nSPS) is 10.7. The van der Waals surface area contributed by atoms with Crippen molar-refractivity contribution in [3.8, 4) is 0 Å². The van der Waals surface area contributed by atoms with Gasteiger partial charge in [-0.2, -0.15) is 0 Å². The monoisotopic (exact) mass is 261 g/mol. The second kappa shape index (κ2) is 8.73. The fourth-order valence-corrected chi connectivity index (χ4v) is 2.05. The van der Waals surface area contributed by atoms with Crippen molar-refractivity contribution >= 4 is 5.91 Å². The van der Waals surface area contributed by atoms with Crippen molar-refractivity contribution in [1.82, 2.24) is 5.32 Å². The van der Waals surface area contributed by atoms with Gasteiger partial charge in [0, 0.05) is 12.1 Å². The Morgan fingerprint density at radius 3 is 2.26 bits per heavy atom. The first-order valence-electron chi connectivity index (χ1n) is 7.53. The molecule has 0 bridgehead atoms. The van der Waals surface area contributed by atoms with Crippen molar-refractivity contribution in [1.29, 1.82) is 0 Å². The van der Waals surface area contributed by atoms with E-state index in [0.29, 0.717) is 5.92 Å². The number of hydrogen-bond donors (Lipinski definition) is 1. The maximum absolute atomic E-state index is 11.9. The number of nitrogens with one attached hydrogen (secondary N) is 1. The van der Waals surface area contributed by atoms with Crippen LogP contribution < -0.4 is 5.32 Å². The first-order valence-corrected chi connectivity index (χ1v) is 7.53. The molecule has 0 spiro atoms. The minimum Gasteiger partial charge on any atom is -0.352 e. The topological polar surface area (TPSA) is 29.1 Å². The molecule has 0 fully saturated rings. The van der Waals surface area contributed by atoms with Gasteiger partial charge in [-0.15, -0.1) is 0 Å². The summed E-state index contributed by atoms with van der Waals surface area (Å²) >= 11 is 0. The largest absolute Gasteiger partial charge is 0.352 e. The molecule has 0 aromatic heterocycles. The summed E-state index contributed by atoms with van der Waals surface area (Å²) in [4.78, 5) is 11.9. The van der Waals surface area contributed by atoms with Crippen LogP contribution in [-0.2, 0) is 0 Å². The summed E-state index contributed by atoms with van der Waals surface area (Å²) in [6, 6.07) is 7.92. The Hall–Kier alpha value is -1.31. The second-order valence-corrected chi connectivity index (χ2v) is 5.45. The van der Waals surface area contributed by atoms with E-state index in [1.807, 2.05) is 24.3 Å². The Morgan fingerprint density at radius 2 is 1.68 bits per heavy atom. The summed E-state index contributed by atoms with van der Waals surface area (Å²) in [6.07, 6.45) is 6.12. The number of carbonyl (C=O) groups is 1. The number of benzene rings is 1. The Balaban J connectivity index is 2.29. The molecule has 0 heterocycles. The summed E-state index contributed by atoms with van der Waals surface area (Å²) in [5.74, 6) is 0.557. The van der Waals surface area contributed by atoms with Crippen molar-refractivity contribution in [3.05, 3.63) is 35.4 Å². The van der Waals surface area contributed by atoms with Gasteiger partial charge in [-0.05, 0) is 30.0 Å². The van der Waals surface area contributed by atoms with E-state index < -0.39 is 0 Å². The van der Waals surface area contributed by atoms with Gasteiger partial charge in [0.15, 0.2) is 0 Å². The van der Waals surface area contributed by atoms with E-state index >= 15 is 0 Å². The van der Waals surface area contributed by atoms with Crippen LogP contribution in [0.4, 0.5) is 0 Å². The van der Waals surface area contributed by atoms with Crippen LogP contribution in [0.15, 0.2) is 24.3 Å². The van der Waals surface area contributed by atoms with Crippen LogP contribution in [0.5, 0.6) is 0 Å². The van der Waals surface area contributed by atoms with Crippen LogP contribution in [0.2, 0.25) is 0 Å². The SMILES string of the molecule is CCCCCCCNC(=O)c1ccc(C(C)C)cc1. The highest BCUT2D eigenvalue weighted by Gasteiger charge is 2.05. The van der Waals surface area contributed by atoms with Crippen molar-refractivity contribution in [3.63, 3.8) is 0 Å². The van der Waals surface area contributed by atoms with Gasteiger partial charge in [-0.3, -0.25) is 4.79 Å². The molecule has 1 amide bonds. The number of amides is 1. The molecule has 106 valence electrons. The quantitative estimate of drug-likeness (QED) is 0.685. The van der Waals surface area contributed by atoms with E-state index in [4.69, 9.17) is 0 Å². The average Bonchev–Trinajstić information content (AvgIpc) is 2.42. The highest BCUT2D eigenvalue weighted by atomic mass is 16.1. The predicted molar refractivity (Wildman–Crippen MR) is 81.6 cm³/mol. The summed E-state index contributed by atoms with van der Waals surface area (Å²) in [5.41, 5.74) is 2.04. The lowest BCUT2D eigenvalue weighted by Crippen LogP contribution is -2.24. The molecule has 0 saturated heterocycles. The maximum atomic E-state index is 11.9. The van der Waals surface area contributed by atoms with Crippen molar-refractivity contribution in [2.75, 3.05) is 6.54 Å². The first kappa shape index (κ1) is 15.7. The molecular formula is C17H27NO. The predicted octanol–water partition coefficient (Wildman–Crippen LogP) is 4.51. The fourth-order valence-electron chi connectivity index (χ4n) is 2.05. The van der Waals surface area contributed by atoms with Gasteiger partial charge in [0.1, 0.15) is 0 Å². The molecule has 0 aliphatic heterocycles. The Bertz CT molecular complexity index is 367. The zero-order valence-corrected chi connectivity index (χ0v) is 12.5. The Kier molecular flexibility index (Phi) is 7.24. The van der Waals surface area contributed by atoms with E-state index in [1.165, 1.54) is 31.2 Å².